The molecule has 0 aliphatic carbocycles. The predicted molar refractivity (Wildman–Crippen MR) is 84.9 cm³/mol. The van der Waals surface area contributed by atoms with Crippen LogP contribution in [0.25, 0.3) is 11.5 Å². The van der Waals surface area contributed by atoms with Gasteiger partial charge in [0.15, 0.2) is 0 Å². The third kappa shape index (κ3) is 3.15. The van der Waals surface area contributed by atoms with E-state index in [-0.39, 0.29) is 0 Å². The largest absolute Gasteiger partial charge is 0.419 e. The molecule has 2 aromatic carbocycles. The minimum Gasteiger partial charge on any atom is -0.419 e. The second kappa shape index (κ2) is 5.97. The number of aromatic nitrogens is 2. The van der Waals surface area contributed by atoms with E-state index in [1.807, 2.05) is 36.4 Å². The molecule has 3 rings (SSSR count). The van der Waals surface area contributed by atoms with Crippen LogP contribution in [0.4, 0.5) is 0 Å². The minimum absolute atomic E-state index is 0.368. The van der Waals surface area contributed by atoms with Crippen molar-refractivity contribution in [3.05, 3.63) is 69.5 Å². The number of nitrogens with zero attached hydrogens (tertiary/aromatic N) is 2. The van der Waals surface area contributed by atoms with Gasteiger partial charge in [-0.1, -0.05) is 57.9 Å². The summed E-state index contributed by atoms with van der Waals surface area (Å²) in [5, 5.41) is 8.66. The van der Waals surface area contributed by atoms with Crippen LogP contribution in [0.3, 0.4) is 0 Å². The molecule has 6 heteroatoms. The zero-order valence-corrected chi connectivity index (χ0v) is 13.2. The highest BCUT2D eigenvalue weighted by Gasteiger charge is 2.17. The topological polar surface area (TPSA) is 64.9 Å². The molecule has 0 aliphatic heterocycles. The van der Waals surface area contributed by atoms with Crippen molar-refractivity contribution in [3.63, 3.8) is 0 Å². The summed E-state index contributed by atoms with van der Waals surface area (Å²) in [4.78, 5) is 0. The molecule has 0 spiro atoms. The zero-order chi connectivity index (χ0) is 14.8. The van der Waals surface area contributed by atoms with Crippen LogP contribution < -0.4 is 5.73 Å². The van der Waals surface area contributed by atoms with Crippen LogP contribution >= 0.6 is 27.5 Å². The average Bonchev–Trinajstić information content (AvgIpc) is 2.96. The van der Waals surface area contributed by atoms with E-state index < -0.39 is 6.04 Å². The average molecular weight is 365 g/mol. The van der Waals surface area contributed by atoms with Crippen molar-refractivity contribution in [2.24, 2.45) is 5.73 Å². The Balaban J connectivity index is 1.93. The molecule has 21 heavy (non-hydrogen) atoms. The highest BCUT2D eigenvalue weighted by molar-refractivity contribution is 9.10. The van der Waals surface area contributed by atoms with Gasteiger partial charge in [-0.2, -0.15) is 0 Å². The fourth-order valence-corrected chi connectivity index (χ4v) is 2.82. The van der Waals surface area contributed by atoms with E-state index >= 15 is 0 Å². The summed E-state index contributed by atoms with van der Waals surface area (Å²) >= 11 is 9.40. The van der Waals surface area contributed by atoms with Crippen LogP contribution in [0, 0.1) is 0 Å². The fourth-order valence-electron chi connectivity index (χ4n) is 1.96. The lowest BCUT2D eigenvalue weighted by Gasteiger charge is -2.06. The summed E-state index contributed by atoms with van der Waals surface area (Å²) < 4.78 is 6.51. The molecule has 0 radical (unpaired) electrons. The van der Waals surface area contributed by atoms with Crippen molar-refractivity contribution in [2.45, 2.75) is 6.04 Å². The smallest absolute Gasteiger partial charge is 0.247 e. The Kier molecular flexibility index (Phi) is 4.05. The molecular weight excluding hydrogens is 354 g/mol. The van der Waals surface area contributed by atoms with Gasteiger partial charge in [-0.05, 0) is 23.8 Å². The normalized spacial score (nSPS) is 12.3. The molecule has 106 valence electrons. The maximum atomic E-state index is 6.14. The molecule has 0 bridgehead atoms. The van der Waals surface area contributed by atoms with Crippen molar-refractivity contribution < 1.29 is 4.42 Å². The number of benzene rings is 2. The SMILES string of the molecule is NC(c1ccccc1)c1nnc(-c2cc(Cl)cc(Br)c2)o1. The summed E-state index contributed by atoms with van der Waals surface area (Å²) in [6.45, 7) is 0. The van der Waals surface area contributed by atoms with Crippen molar-refractivity contribution in [3.8, 4) is 11.5 Å². The molecule has 4 nitrogen and oxygen atoms in total. The highest BCUT2D eigenvalue weighted by Crippen LogP contribution is 2.28. The molecule has 3 aromatic rings. The summed E-state index contributed by atoms with van der Waals surface area (Å²) in [6.07, 6.45) is 0. The fraction of sp³-hybridized carbons (Fsp3) is 0.0667. The minimum atomic E-state index is -0.449. The van der Waals surface area contributed by atoms with E-state index in [9.17, 15) is 0 Å². The Bertz CT molecular complexity index is 740. The lowest BCUT2D eigenvalue weighted by Crippen LogP contribution is -2.11. The van der Waals surface area contributed by atoms with Gasteiger partial charge in [0.1, 0.15) is 6.04 Å². The maximum Gasteiger partial charge on any atom is 0.247 e. The standard InChI is InChI=1S/C15H11BrClN3O/c16-11-6-10(7-12(17)8-11)14-19-20-15(21-14)13(18)9-4-2-1-3-5-9/h1-8,13H,18H2. The second-order valence-corrected chi connectivity index (χ2v) is 5.84. The van der Waals surface area contributed by atoms with Crippen LogP contribution in [-0.4, -0.2) is 10.2 Å². The maximum absolute atomic E-state index is 6.14. The molecule has 0 amide bonds. The molecule has 0 fully saturated rings. The van der Waals surface area contributed by atoms with Crippen LogP contribution in [0.1, 0.15) is 17.5 Å². The molecule has 1 aromatic heterocycles. The highest BCUT2D eigenvalue weighted by atomic mass is 79.9. The number of nitrogens with two attached hydrogens (primary N) is 1. The third-order valence-corrected chi connectivity index (χ3v) is 3.65. The van der Waals surface area contributed by atoms with Gasteiger partial charge in [0.25, 0.3) is 0 Å². The van der Waals surface area contributed by atoms with Crippen molar-refractivity contribution >= 4 is 27.5 Å². The lowest BCUT2D eigenvalue weighted by molar-refractivity contribution is 0.484. The van der Waals surface area contributed by atoms with Gasteiger partial charge in [0, 0.05) is 15.1 Å². The monoisotopic (exact) mass is 363 g/mol. The third-order valence-electron chi connectivity index (χ3n) is 2.97. The Morgan fingerprint density at radius 1 is 1.10 bits per heavy atom. The van der Waals surface area contributed by atoms with E-state index in [1.165, 1.54) is 0 Å². The molecular formula is C15H11BrClN3O. The van der Waals surface area contributed by atoms with Crippen LogP contribution in [0.5, 0.6) is 0 Å². The van der Waals surface area contributed by atoms with Gasteiger partial charge in [-0.3, -0.25) is 0 Å². The van der Waals surface area contributed by atoms with Crippen molar-refractivity contribution in [2.75, 3.05) is 0 Å². The first-order valence-corrected chi connectivity index (χ1v) is 7.41. The van der Waals surface area contributed by atoms with Gasteiger partial charge < -0.3 is 10.2 Å². The Morgan fingerprint density at radius 3 is 2.57 bits per heavy atom. The number of rotatable bonds is 3. The first-order chi connectivity index (χ1) is 10.1. The van der Waals surface area contributed by atoms with E-state index in [4.69, 9.17) is 21.8 Å². The lowest BCUT2D eigenvalue weighted by atomic mass is 10.1. The summed E-state index contributed by atoms with van der Waals surface area (Å²) in [5.41, 5.74) is 7.80. The summed E-state index contributed by atoms with van der Waals surface area (Å²) in [7, 11) is 0. The molecule has 0 saturated heterocycles. The van der Waals surface area contributed by atoms with Crippen molar-refractivity contribution in [1.29, 1.82) is 0 Å². The molecule has 1 unspecified atom stereocenters. The Morgan fingerprint density at radius 2 is 1.86 bits per heavy atom. The number of halogens is 2. The second-order valence-electron chi connectivity index (χ2n) is 4.49. The van der Waals surface area contributed by atoms with Crippen LogP contribution in [-0.2, 0) is 0 Å². The van der Waals surface area contributed by atoms with Gasteiger partial charge in [-0.15, -0.1) is 10.2 Å². The van der Waals surface area contributed by atoms with E-state index in [0.29, 0.717) is 16.8 Å². The number of hydrogen-bond donors (Lipinski definition) is 1. The summed E-state index contributed by atoms with van der Waals surface area (Å²) in [5.74, 6) is 0.756. The van der Waals surface area contributed by atoms with Crippen LogP contribution in [0.15, 0.2) is 57.4 Å². The van der Waals surface area contributed by atoms with Gasteiger partial charge in [0.2, 0.25) is 11.8 Å². The Labute approximate surface area is 135 Å². The first kappa shape index (κ1) is 14.3. The molecule has 0 aliphatic rings. The van der Waals surface area contributed by atoms with Gasteiger partial charge >= 0.3 is 0 Å². The predicted octanol–water partition coefficient (Wildman–Crippen LogP) is 4.20. The van der Waals surface area contributed by atoms with E-state index in [0.717, 1.165) is 15.6 Å². The quantitative estimate of drug-likeness (QED) is 0.756. The zero-order valence-electron chi connectivity index (χ0n) is 10.8. The first-order valence-electron chi connectivity index (χ1n) is 6.24. The molecule has 1 heterocycles. The Hall–Kier alpha value is -1.69. The van der Waals surface area contributed by atoms with E-state index in [1.54, 1.807) is 12.1 Å². The molecule has 0 saturated carbocycles. The van der Waals surface area contributed by atoms with Gasteiger partial charge in [0.05, 0.1) is 0 Å². The number of hydrogen-bond acceptors (Lipinski definition) is 4. The molecule has 1 atom stereocenters. The summed E-state index contributed by atoms with van der Waals surface area (Å²) in [6, 6.07) is 14.6. The van der Waals surface area contributed by atoms with Crippen molar-refractivity contribution in [1.82, 2.24) is 10.2 Å². The van der Waals surface area contributed by atoms with E-state index in [2.05, 4.69) is 26.1 Å². The van der Waals surface area contributed by atoms with Gasteiger partial charge in [-0.25, -0.2) is 0 Å². The van der Waals surface area contributed by atoms with Crippen LogP contribution in [0.2, 0.25) is 5.02 Å². The molecule has 2 N–H and O–H groups in total.